The zero-order chi connectivity index (χ0) is 29.1. The summed E-state index contributed by atoms with van der Waals surface area (Å²) < 4.78 is 17.1. The van der Waals surface area contributed by atoms with Gasteiger partial charge in [-0.25, -0.2) is 9.78 Å². The van der Waals surface area contributed by atoms with Crippen LogP contribution in [0.25, 0.3) is 11.3 Å². The Morgan fingerprint density at radius 3 is 2.68 bits per heavy atom. The molecule has 0 unspecified atom stereocenters. The number of aromatic nitrogens is 1. The molecule has 1 saturated heterocycles. The van der Waals surface area contributed by atoms with Gasteiger partial charge in [-0.2, -0.15) is 0 Å². The highest BCUT2D eigenvalue weighted by atomic mass is 16.5. The maximum atomic E-state index is 11.5. The number of aryl methyl sites for hydroxylation is 1. The summed E-state index contributed by atoms with van der Waals surface area (Å²) >= 11 is 0. The number of pyridine rings is 1. The van der Waals surface area contributed by atoms with E-state index in [-0.39, 0.29) is 16.9 Å². The van der Waals surface area contributed by atoms with E-state index in [9.17, 15) is 9.90 Å². The van der Waals surface area contributed by atoms with Crippen molar-refractivity contribution < 1.29 is 24.1 Å². The number of nitrogens with zero attached hydrogens (tertiary/aromatic N) is 2. The molecule has 2 aliphatic rings. The van der Waals surface area contributed by atoms with Crippen molar-refractivity contribution >= 4 is 18.0 Å². The molecule has 2 aromatic carbocycles. The molecular formula is C32H36N4O5. The van der Waals surface area contributed by atoms with E-state index in [2.05, 4.69) is 47.2 Å². The number of carboxylic acids is 1. The van der Waals surface area contributed by atoms with E-state index in [0.717, 1.165) is 55.0 Å². The molecule has 3 aromatic rings. The molecule has 0 amide bonds. The fraction of sp³-hybridized carbons (Fsp3) is 0.344. The Kier molecular flexibility index (Phi) is 8.10. The van der Waals surface area contributed by atoms with Crippen molar-refractivity contribution in [2.75, 3.05) is 32.2 Å². The van der Waals surface area contributed by atoms with E-state index < -0.39 is 5.97 Å². The quantitative estimate of drug-likeness (QED) is 0.179. The molecule has 0 spiro atoms. The van der Waals surface area contributed by atoms with Gasteiger partial charge in [0.05, 0.1) is 32.1 Å². The monoisotopic (exact) mass is 556 g/mol. The van der Waals surface area contributed by atoms with E-state index in [0.29, 0.717) is 24.2 Å². The number of hydrogen-bond acceptors (Lipinski definition) is 8. The van der Waals surface area contributed by atoms with Gasteiger partial charge in [-0.05, 0) is 47.4 Å². The number of ether oxygens (including phenoxy) is 3. The largest absolute Gasteiger partial charge is 0.488 e. The number of carboxylic acid groups (broad SMARTS) is 1. The lowest BCUT2D eigenvalue weighted by atomic mass is 9.77. The number of carbonyl (C=O) groups is 1. The molecule has 0 saturated carbocycles. The molecule has 1 fully saturated rings. The second-order valence-corrected chi connectivity index (χ2v) is 11.1. The Morgan fingerprint density at radius 1 is 1.22 bits per heavy atom. The van der Waals surface area contributed by atoms with Gasteiger partial charge in [-0.3, -0.25) is 4.90 Å². The molecular weight excluding hydrogens is 520 g/mol. The molecule has 0 aliphatic carbocycles. The number of fused-ring (bicyclic) bond motifs is 1. The highest BCUT2D eigenvalue weighted by molar-refractivity contribution is 6.08. The third-order valence-electron chi connectivity index (χ3n) is 7.70. The Bertz CT molecular complexity index is 1500. The van der Waals surface area contributed by atoms with Crippen LogP contribution in [0.1, 0.15) is 36.1 Å². The molecule has 9 heteroatoms. The minimum atomic E-state index is -1.27. The van der Waals surface area contributed by atoms with Crippen molar-refractivity contribution in [1.82, 2.24) is 9.88 Å². The Balaban J connectivity index is 1.38. The Hall–Kier alpha value is -4.21. The van der Waals surface area contributed by atoms with Crippen molar-refractivity contribution in [3.63, 3.8) is 0 Å². The minimum absolute atomic E-state index is 0.0259. The number of methoxy groups -OCH3 is 1. The van der Waals surface area contributed by atoms with Gasteiger partial charge in [0.2, 0.25) is 5.88 Å². The molecule has 0 atom stereocenters. The smallest absolute Gasteiger partial charge is 0.342 e. The van der Waals surface area contributed by atoms with Crippen LogP contribution in [0, 0.1) is 12.3 Å². The summed E-state index contributed by atoms with van der Waals surface area (Å²) in [5.41, 5.74) is 6.01. The first-order valence-corrected chi connectivity index (χ1v) is 13.6. The maximum absolute atomic E-state index is 11.5. The predicted octanol–water partition coefficient (Wildman–Crippen LogP) is 5.13. The van der Waals surface area contributed by atoms with Gasteiger partial charge in [0.25, 0.3) is 0 Å². The van der Waals surface area contributed by atoms with Crippen LogP contribution in [0.15, 0.2) is 66.1 Å². The fourth-order valence-corrected chi connectivity index (χ4v) is 5.47. The Labute approximate surface area is 240 Å². The molecule has 5 rings (SSSR count). The van der Waals surface area contributed by atoms with Gasteiger partial charge >= 0.3 is 5.97 Å². The normalized spacial score (nSPS) is 17.1. The van der Waals surface area contributed by atoms with Gasteiger partial charge in [0, 0.05) is 30.3 Å². The average molecular weight is 557 g/mol. The summed E-state index contributed by atoms with van der Waals surface area (Å²) in [6.45, 7) is 10.6. The van der Waals surface area contributed by atoms with Crippen LogP contribution in [0.3, 0.4) is 0 Å². The van der Waals surface area contributed by atoms with Crippen LogP contribution >= 0.6 is 0 Å². The van der Waals surface area contributed by atoms with Gasteiger partial charge in [0.15, 0.2) is 0 Å². The summed E-state index contributed by atoms with van der Waals surface area (Å²) in [5, 5.41) is 19.7. The topological polar surface area (TPSA) is 117 Å². The molecule has 9 nitrogen and oxygen atoms in total. The highest BCUT2D eigenvalue weighted by Gasteiger charge is 2.37. The molecule has 0 radical (unpaired) electrons. The molecule has 41 heavy (non-hydrogen) atoms. The lowest BCUT2D eigenvalue weighted by molar-refractivity contribution is -0.132. The fourth-order valence-electron chi connectivity index (χ4n) is 5.47. The molecule has 214 valence electrons. The van der Waals surface area contributed by atoms with Crippen LogP contribution < -0.4 is 10.1 Å². The van der Waals surface area contributed by atoms with Crippen LogP contribution in [-0.4, -0.2) is 60.1 Å². The number of benzene rings is 2. The standard InChI is InChI=1S/C32H36N4O5/c1-20-7-5-8-24(27-9-6-10-28(34-27)35-30(39-4)25(14-33)31(37)38)29(20)41-16-21-11-12-22-15-36(23-17-40-18-23)19-32(2,3)26(22)13-21/h5-14,23,33H,15-19H2,1-4H3,(H,34,35)(H,37,38)/b30-25-,33-14?. The number of anilines is 1. The van der Waals surface area contributed by atoms with Crippen molar-refractivity contribution in [3.8, 4) is 17.0 Å². The summed E-state index contributed by atoms with van der Waals surface area (Å²) in [5.74, 6) is -0.228. The SMILES string of the molecule is CO/C(Nc1cccc(-c2cccc(C)c2OCc2ccc3c(c2)C(C)(C)CN(C2COC2)C3)n1)=C(/C=N)C(=O)O. The maximum Gasteiger partial charge on any atom is 0.342 e. The van der Waals surface area contributed by atoms with Crippen molar-refractivity contribution in [1.29, 1.82) is 5.41 Å². The highest BCUT2D eigenvalue weighted by Crippen LogP contribution is 2.37. The van der Waals surface area contributed by atoms with Gasteiger partial charge in [-0.1, -0.05) is 50.2 Å². The first-order chi connectivity index (χ1) is 19.7. The predicted molar refractivity (Wildman–Crippen MR) is 157 cm³/mol. The molecule has 0 bridgehead atoms. The third kappa shape index (κ3) is 5.96. The second-order valence-electron chi connectivity index (χ2n) is 11.1. The van der Waals surface area contributed by atoms with Crippen molar-refractivity contribution in [3.05, 3.63) is 88.3 Å². The summed E-state index contributed by atoms with van der Waals surface area (Å²) in [7, 11) is 1.34. The van der Waals surface area contributed by atoms with E-state index in [1.54, 1.807) is 6.07 Å². The number of aliphatic carboxylic acids is 1. The number of nitrogens with one attached hydrogen (secondary N) is 2. The van der Waals surface area contributed by atoms with E-state index in [1.807, 2.05) is 37.3 Å². The zero-order valence-electron chi connectivity index (χ0n) is 23.9. The Morgan fingerprint density at radius 2 is 2.00 bits per heavy atom. The number of hydrogen-bond donors (Lipinski definition) is 3. The van der Waals surface area contributed by atoms with E-state index in [1.165, 1.54) is 18.2 Å². The van der Waals surface area contributed by atoms with Crippen LogP contribution in [0.5, 0.6) is 5.75 Å². The zero-order valence-corrected chi connectivity index (χ0v) is 23.9. The third-order valence-corrected chi connectivity index (χ3v) is 7.70. The first-order valence-electron chi connectivity index (χ1n) is 13.6. The van der Waals surface area contributed by atoms with Crippen molar-refractivity contribution in [2.24, 2.45) is 0 Å². The van der Waals surface area contributed by atoms with Gasteiger partial charge in [0.1, 0.15) is 23.7 Å². The molecule has 3 N–H and O–H groups in total. The summed E-state index contributed by atoms with van der Waals surface area (Å²) in [6, 6.07) is 18.5. The van der Waals surface area contributed by atoms with E-state index >= 15 is 0 Å². The van der Waals surface area contributed by atoms with E-state index in [4.69, 9.17) is 19.6 Å². The van der Waals surface area contributed by atoms with Crippen LogP contribution in [0.2, 0.25) is 0 Å². The summed E-state index contributed by atoms with van der Waals surface area (Å²) in [6.07, 6.45) is 0.728. The van der Waals surface area contributed by atoms with Gasteiger partial charge < -0.3 is 30.0 Å². The lowest BCUT2D eigenvalue weighted by Crippen LogP contribution is -2.54. The van der Waals surface area contributed by atoms with Crippen LogP contribution in [0.4, 0.5) is 5.82 Å². The van der Waals surface area contributed by atoms with Crippen LogP contribution in [-0.2, 0) is 32.8 Å². The molecule has 3 heterocycles. The average Bonchev–Trinajstić information content (AvgIpc) is 2.91. The van der Waals surface area contributed by atoms with Crippen molar-refractivity contribution in [2.45, 2.75) is 45.4 Å². The first kappa shape index (κ1) is 28.3. The lowest BCUT2D eigenvalue weighted by Gasteiger charge is -2.46. The minimum Gasteiger partial charge on any atom is -0.488 e. The number of rotatable bonds is 10. The number of para-hydroxylation sites is 1. The molecule has 1 aromatic heterocycles. The van der Waals surface area contributed by atoms with Gasteiger partial charge in [-0.15, -0.1) is 0 Å². The molecule has 2 aliphatic heterocycles. The second kappa shape index (κ2) is 11.7. The summed E-state index contributed by atoms with van der Waals surface area (Å²) in [4.78, 5) is 18.7.